The molecular formula is C14H11ClN4OS. The van der Waals surface area contributed by atoms with E-state index in [0.29, 0.717) is 28.4 Å². The summed E-state index contributed by atoms with van der Waals surface area (Å²) in [6.07, 6.45) is 3.93. The van der Waals surface area contributed by atoms with Gasteiger partial charge in [0.15, 0.2) is 0 Å². The molecule has 0 N–H and O–H groups in total. The highest BCUT2D eigenvalue weighted by Crippen LogP contribution is 2.41. The van der Waals surface area contributed by atoms with Crippen LogP contribution in [0, 0.1) is 0 Å². The Bertz CT molecular complexity index is 884. The molecular weight excluding hydrogens is 308 g/mol. The highest BCUT2D eigenvalue weighted by Gasteiger charge is 2.27. The molecule has 0 atom stereocenters. The van der Waals surface area contributed by atoms with Gasteiger partial charge in [-0.25, -0.2) is 4.98 Å². The van der Waals surface area contributed by atoms with Crippen molar-refractivity contribution < 1.29 is 0 Å². The lowest BCUT2D eigenvalue weighted by atomic mass is 10.2. The zero-order valence-electron chi connectivity index (χ0n) is 11.0. The predicted octanol–water partition coefficient (Wildman–Crippen LogP) is 2.83. The van der Waals surface area contributed by atoms with Gasteiger partial charge in [-0.05, 0) is 25.0 Å². The number of halogens is 1. The maximum Gasteiger partial charge on any atom is 0.263 e. The van der Waals surface area contributed by atoms with Gasteiger partial charge in [0.2, 0.25) is 0 Å². The smallest absolute Gasteiger partial charge is 0.263 e. The van der Waals surface area contributed by atoms with Gasteiger partial charge in [-0.2, -0.15) is 0 Å². The van der Waals surface area contributed by atoms with Crippen molar-refractivity contribution in [2.24, 2.45) is 0 Å². The summed E-state index contributed by atoms with van der Waals surface area (Å²) in [5, 5.41) is 11.1. The predicted molar refractivity (Wildman–Crippen MR) is 82.0 cm³/mol. The highest BCUT2D eigenvalue weighted by atomic mass is 35.5. The summed E-state index contributed by atoms with van der Waals surface area (Å²) in [6, 6.07) is 5.27. The minimum Gasteiger partial charge on any atom is -0.292 e. The van der Waals surface area contributed by atoms with Gasteiger partial charge in [-0.1, -0.05) is 29.0 Å². The minimum atomic E-state index is -0.145. The van der Waals surface area contributed by atoms with Crippen LogP contribution < -0.4 is 5.56 Å². The van der Waals surface area contributed by atoms with Crippen molar-refractivity contribution in [3.8, 4) is 0 Å². The lowest BCUT2D eigenvalue weighted by Gasteiger charge is -2.05. The number of aromatic nitrogens is 4. The van der Waals surface area contributed by atoms with Gasteiger partial charge in [-0.3, -0.25) is 9.36 Å². The number of hydrogen-bond acceptors (Lipinski definition) is 5. The summed E-state index contributed by atoms with van der Waals surface area (Å²) < 4.78 is 1.53. The molecule has 21 heavy (non-hydrogen) atoms. The first-order chi connectivity index (χ1) is 10.2. The van der Waals surface area contributed by atoms with Crippen LogP contribution in [0.15, 0.2) is 29.3 Å². The lowest BCUT2D eigenvalue weighted by molar-refractivity contribution is 0.732. The van der Waals surface area contributed by atoms with Crippen molar-refractivity contribution >= 4 is 33.8 Å². The minimum absolute atomic E-state index is 0.145. The van der Waals surface area contributed by atoms with Crippen LogP contribution in [-0.2, 0) is 6.54 Å². The molecule has 2 heterocycles. The third-order valence-corrected chi connectivity index (χ3v) is 4.90. The molecule has 106 valence electrons. The molecule has 0 aliphatic heterocycles. The maximum absolute atomic E-state index is 12.5. The molecule has 1 aliphatic carbocycles. The second kappa shape index (κ2) is 4.89. The highest BCUT2D eigenvalue weighted by molar-refractivity contribution is 7.11. The van der Waals surface area contributed by atoms with Gasteiger partial charge in [0.1, 0.15) is 10.0 Å². The van der Waals surface area contributed by atoms with Gasteiger partial charge in [-0.15, -0.1) is 10.2 Å². The van der Waals surface area contributed by atoms with E-state index in [-0.39, 0.29) is 5.56 Å². The Morgan fingerprint density at radius 3 is 3.00 bits per heavy atom. The number of hydrogen-bond donors (Lipinski definition) is 0. The fourth-order valence-corrected chi connectivity index (χ4v) is 3.51. The summed E-state index contributed by atoms with van der Waals surface area (Å²) in [4.78, 5) is 16.8. The Labute approximate surface area is 129 Å². The molecule has 1 saturated carbocycles. The molecule has 4 rings (SSSR count). The van der Waals surface area contributed by atoms with Gasteiger partial charge >= 0.3 is 0 Å². The van der Waals surface area contributed by atoms with Gasteiger partial charge < -0.3 is 0 Å². The fraction of sp³-hybridized carbons (Fsp3) is 0.286. The van der Waals surface area contributed by atoms with E-state index in [1.807, 2.05) is 0 Å². The number of benzene rings is 1. The van der Waals surface area contributed by atoms with Crippen molar-refractivity contribution in [3.05, 3.63) is 49.9 Å². The largest absolute Gasteiger partial charge is 0.292 e. The fourth-order valence-electron chi connectivity index (χ4n) is 2.24. The van der Waals surface area contributed by atoms with Gasteiger partial charge in [0.25, 0.3) is 5.56 Å². The SMILES string of the molecule is O=c1c2c(Cl)cccc2ncn1Cc1nnc(C2CC2)s1. The number of rotatable bonds is 3. The van der Waals surface area contributed by atoms with E-state index in [4.69, 9.17) is 11.6 Å². The van der Waals surface area contributed by atoms with Crippen molar-refractivity contribution in [2.75, 3.05) is 0 Å². The van der Waals surface area contributed by atoms with Crippen LogP contribution in [0.5, 0.6) is 0 Å². The summed E-state index contributed by atoms with van der Waals surface area (Å²) >= 11 is 7.69. The van der Waals surface area contributed by atoms with Crippen LogP contribution in [0.25, 0.3) is 10.9 Å². The van der Waals surface area contributed by atoms with E-state index >= 15 is 0 Å². The third kappa shape index (κ3) is 2.34. The van der Waals surface area contributed by atoms with Crippen LogP contribution in [0.2, 0.25) is 5.02 Å². The summed E-state index contributed by atoms with van der Waals surface area (Å²) in [5.74, 6) is 0.581. The number of nitrogens with zero attached hydrogens (tertiary/aromatic N) is 4. The maximum atomic E-state index is 12.5. The zero-order valence-corrected chi connectivity index (χ0v) is 12.6. The van der Waals surface area contributed by atoms with Gasteiger partial charge in [0.05, 0.1) is 28.8 Å². The summed E-state index contributed by atoms with van der Waals surface area (Å²) in [5.41, 5.74) is 0.466. The molecule has 1 aromatic carbocycles. The molecule has 0 spiro atoms. The average Bonchev–Trinajstić information content (AvgIpc) is 3.22. The topological polar surface area (TPSA) is 60.7 Å². The van der Waals surface area contributed by atoms with Crippen LogP contribution in [0.4, 0.5) is 0 Å². The van der Waals surface area contributed by atoms with Crippen LogP contribution in [0.1, 0.15) is 28.8 Å². The first-order valence-corrected chi connectivity index (χ1v) is 7.88. The Morgan fingerprint density at radius 1 is 1.33 bits per heavy atom. The first-order valence-electron chi connectivity index (χ1n) is 6.68. The summed E-state index contributed by atoms with van der Waals surface area (Å²) in [7, 11) is 0. The summed E-state index contributed by atoms with van der Waals surface area (Å²) in [6.45, 7) is 0.386. The standard InChI is InChI=1S/C14H11ClN4OS/c15-9-2-1-3-10-12(9)14(20)19(7-16-10)6-11-17-18-13(21-11)8-4-5-8/h1-3,7-8H,4-6H2. The molecule has 3 aromatic rings. The molecule has 2 aromatic heterocycles. The molecule has 0 saturated heterocycles. The Balaban J connectivity index is 1.74. The van der Waals surface area contributed by atoms with Crippen molar-refractivity contribution in [1.82, 2.24) is 19.7 Å². The van der Waals surface area contributed by atoms with Crippen LogP contribution in [-0.4, -0.2) is 19.7 Å². The van der Waals surface area contributed by atoms with E-state index in [1.54, 1.807) is 35.9 Å². The molecule has 5 nitrogen and oxygen atoms in total. The van der Waals surface area contributed by atoms with Crippen molar-refractivity contribution in [2.45, 2.75) is 25.3 Å². The van der Waals surface area contributed by atoms with Crippen LogP contribution >= 0.6 is 22.9 Å². The second-order valence-corrected chi connectivity index (χ2v) is 6.62. The normalized spacial score (nSPS) is 14.7. The second-order valence-electron chi connectivity index (χ2n) is 5.12. The monoisotopic (exact) mass is 318 g/mol. The third-order valence-electron chi connectivity index (χ3n) is 3.52. The van der Waals surface area contributed by atoms with E-state index < -0.39 is 0 Å². The van der Waals surface area contributed by atoms with Crippen molar-refractivity contribution in [1.29, 1.82) is 0 Å². The Morgan fingerprint density at radius 2 is 2.19 bits per heavy atom. The van der Waals surface area contributed by atoms with Crippen LogP contribution in [0.3, 0.4) is 0 Å². The lowest BCUT2D eigenvalue weighted by Crippen LogP contribution is -2.21. The molecule has 0 radical (unpaired) electrons. The quantitative estimate of drug-likeness (QED) is 0.745. The molecule has 1 fully saturated rings. The Hall–Kier alpha value is -1.79. The molecule has 0 unspecified atom stereocenters. The van der Waals surface area contributed by atoms with Crippen molar-refractivity contribution in [3.63, 3.8) is 0 Å². The molecule has 0 bridgehead atoms. The molecule has 0 amide bonds. The van der Waals surface area contributed by atoms with Gasteiger partial charge in [0, 0.05) is 5.92 Å². The van der Waals surface area contributed by atoms with E-state index in [9.17, 15) is 4.79 Å². The zero-order chi connectivity index (χ0) is 14.4. The average molecular weight is 319 g/mol. The first kappa shape index (κ1) is 12.9. The van der Waals surface area contributed by atoms with E-state index in [0.717, 1.165) is 10.0 Å². The van der Waals surface area contributed by atoms with E-state index in [1.165, 1.54) is 17.4 Å². The van der Waals surface area contributed by atoms with E-state index in [2.05, 4.69) is 15.2 Å². The molecule has 1 aliphatic rings. The molecule has 7 heteroatoms. The number of fused-ring (bicyclic) bond motifs is 1. The Kier molecular flexibility index (Phi) is 3.01.